The van der Waals surface area contributed by atoms with Crippen molar-refractivity contribution in [2.24, 2.45) is 0 Å². The molecule has 0 atom stereocenters. The number of hydrogen-bond acceptors (Lipinski definition) is 3. The van der Waals surface area contributed by atoms with Crippen molar-refractivity contribution in [1.29, 1.82) is 0 Å². The third-order valence-electron chi connectivity index (χ3n) is 2.47. The average molecular weight is 305 g/mol. The van der Waals surface area contributed by atoms with Gasteiger partial charge in [0, 0.05) is 16.6 Å². The van der Waals surface area contributed by atoms with Crippen LogP contribution in [-0.4, -0.2) is 4.98 Å². The van der Waals surface area contributed by atoms with Gasteiger partial charge in [0.25, 0.3) is 0 Å². The number of aromatic nitrogens is 1. The smallest absolute Gasteiger partial charge is 0.144 e. The molecule has 2 aromatic heterocycles. The van der Waals surface area contributed by atoms with E-state index in [1.54, 1.807) is 17.5 Å². The van der Waals surface area contributed by atoms with E-state index < -0.39 is 0 Å². The number of nitrogens with one attached hydrogen (secondary N) is 1. The molecule has 0 saturated heterocycles. The maximum absolute atomic E-state index is 4.29. The molecule has 0 aliphatic rings. The van der Waals surface area contributed by atoms with Crippen molar-refractivity contribution in [2.75, 3.05) is 5.32 Å². The molecule has 0 fully saturated rings. The van der Waals surface area contributed by atoms with Gasteiger partial charge in [-0.05, 0) is 63.1 Å². The summed E-state index contributed by atoms with van der Waals surface area (Å²) in [6.07, 6.45) is 1.77. The molecule has 0 saturated carbocycles. The molecule has 0 radical (unpaired) electrons. The molecular formula is C13H9BrN2S. The maximum atomic E-state index is 4.29. The van der Waals surface area contributed by atoms with Crippen LogP contribution in [0.4, 0.5) is 11.5 Å². The molecule has 2 heterocycles. The molecular weight excluding hydrogens is 296 g/mol. The van der Waals surface area contributed by atoms with E-state index in [9.17, 15) is 0 Å². The number of rotatable bonds is 2. The van der Waals surface area contributed by atoms with E-state index in [1.807, 2.05) is 12.1 Å². The summed E-state index contributed by atoms with van der Waals surface area (Å²) in [6, 6.07) is 12.3. The first-order chi connectivity index (χ1) is 8.33. The van der Waals surface area contributed by atoms with Gasteiger partial charge in [0.15, 0.2) is 0 Å². The third-order valence-corrected chi connectivity index (χ3v) is 4.01. The van der Waals surface area contributed by atoms with E-state index in [4.69, 9.17) is 0 Å². The molecule has 84 valence electrons. The summed E-state index contributed by atoms with van der Waals surface area (Å²) in [5.74, 6) is 0.835. The van der Waals surface area contributed by atoms with Crippen LogP contribution in [0.15, 0.2) is 52.4 Å². The molecule has 3 rings (SSSR count). The lowest BCUT2D eigenvalue weighted by molar-refractivity contribution is 1.29. The van der Waals surface area contributed by atoms with E-state index in [1.165, 1.54) is 10.1 Å². The lowest BCUT2D eigenvalue weighted by atomic mass is 10.2. The van der Waals surface area contributed by atoms with Crippen molar-refractivity contribution in [3.05, 3.63) is 52.4 Å². The van der Waals surface area contributed by atoms with Gasteiger partial charge in [-0.25, -0.2) is 4.98 Å². The van der Waals surface area contributed by atoms with Gasteiger partial charge >= 0.3 is 0 Å². The summed E-state index contributed by atoms with van der Waals surface area (Å²) < 4.78 is 2.26. The summed E-state index contributed by atoms with van der Waals surface area (Å²) in [6.45, 7) is 0. The standard InChI is InChI=1S/C13H9BrN2S/c14-11-2-1-6-15-13(11)16-10-3-4-12-9(8-10)5-7-17-12/h1-8H,(H,15,16). The fourth-order valence-electron chi connectivity index (χ4n) is 1.66. The Bertz CT molecular complexity index is 663. The Labute approximate surface area is 111 Å². The molecule has 17 heavy (non-hydrogen) atoms. The van der Waals surface area contributed by atoms with Crippen LogP contribution in [0, 0.1) is 0 Å². The van der Waals surface area contributed by atoms with Gasteiger partial charge in [0.2, 0.25) is 0 Å². The van der Waals surface area contributed by atoms with Gasteiger partial charge in [-0.3, -0.25) is 0 Å². The Morgan fingerprint density at radius 2 is 2.12 bits per heavy atom. The zero-order valence-corrected chi connectivity index (χ0v) is 11.3. The molecule has 0 unspecified atom stereocenters. The summed E-state index contributed by atoms with van der Waals surface area (Å²) in [5.41, 5.74) is 1.05. The quantitative estimate of drug-likeness (QED) is 0.735. The molecule has 1 N–H and O–H groups in total. The Morgan fingerprint density at radius 1 is 1.18 bits per heavy atom. The SMILES string of the molecule is Brc1cccnc1Nc1ccc2sccc2c1. The van der Waals surface area contributed by atoms with Crippen LogP contribution in [0.3, 0.4) is 0 Å². The fraction of sp³-hybridized carbons (Fsp3) is 0. The highest BCUT2D eigenvalue weighted by Crippen LogP contribution is 2.27. The first kappa shape index (κ1) is 10.7. The van der Waals surface area contributed by atoms with Crippen molar-refractivity contribution in [2.45, 2.75) is 0 Å². The number of pyridine rings is 1. The molecule has 0 amide bonds. The summed E-state index contributed by atoms with van der Waals surface area (Å²) in [4.78, 5) is 4.29. The number of hydrogen-bond donors (Lipinski definition) is 1. The van der Waals surface area contributed by atoms with E-state index >= 15 is 0 Å². The normalized spacial score (nSPS) is 10.6. The van der Waals surface area contributed by atoms with Gasteiger partial charge < -0.3 is 5.32 Å². The van der Waals surface area contributed by atoms with Crippen molar-refractivity contribution in [1.82, 2.24) is 4.98 Å². The van der Waals surface area contributed by atoms with Gasteiger partial charge in [0.1, 0.15) is 5.82 Å². The molecule has 3 aromatic rings. The number of benzene rings is 1. The summed E-state index contributed by atoms with van der Waals surface area (Å²) in [7, 11) is 0. The first-order valence-electron chi connectivity index (χ1n) is 5.18. The lowest BCUT2D eigenvalue weighted by Gasteiger charge is -2.07. The van der Waals surface area contributed by atoms with Gasteiger partial charge in [-0.2, -0.15) is 0 Å². The van der Waals surface area contributed by atoms with Crippen LogP contribution >= 0.6 is 27.3 Å². The number of fused-ring (bicyclic) bond motifs is 1. The second kappa shape index (κ2) is 4.47. The number of thiophene rings is 1. The molecule has 0 spiro atoms. The number of nitrogens with zero attached hydrogens (tertiary/aromatic N) is 1. The highest BCUT2D eigenvalue weighted by atomic mass is 79.9. The zero-order chi connectivity index (χ0) is 11.7. The van der Waals surface area contributed by atoms with Crippen LogP contribution in [0.1, 0.15) is 0 Å². The predicted molar refractivity (Wildman–Crippen MR) is 77.0 cm³/mol. The Balaban J connectivity index is 1.97. The highest BCUT2D eigenvalue weighted by Gasteiger charge is 2.02. The van der Waals surface area contributed by atoms with Crippen LogP contribution in [0.25, 0.3) is 10.1 Å². The minimum Gasteiger partial charge on any atom is -0.339 e. The van der Waals surface area contributed by atoms with Crippen LogP contribution in [0.5, 0.6) is 0 Å². The Morgan fingerprint density at radius 3 is 3.00 bits per heavy atom. The Hall–Kier alpha value is -1.39. The Kier molecular flexibility index (Phi) is 2.82. The van der Waals surface area contributed by atoms with Gasteiger partial charge in [0.05, 0.1) is 4.47 Å². The molecule has 1 aromatic carbocycles. The number of halogens is 1. The second-order valence-corrected chi connectivity index (χ2v) is 5.43. The number of anilines is 2. The fourth-order valence-corrected chi connectivity index (χ4v) is 2.78. The minimum absolute atomic E-state index is 0.835. The van der Waals surface area contributed by atoms with E-state index in [0.29, 0.717) is 0 Å². The van der Waals surface area contributed by atoms with Crippen molar-refractivity contribution in [3.8, 4) is 0 Å². The lowest BCUT2D eigenvalue weighted by Crippen LogP contribution is -1.93. The van der Waals surface area contributed by atoms with E-state index in [0.717, 1.165) is 16.0 Å². The van der Waals surface area contributed by atoms with Crippen LogP contribution < -0.4 is 5.32 Å². The third kappa shape index (κ3) is 2.18. The molecule has 2 nitrogen and oxygen atoms in total. The van der Waals surface area contributed by atoms with Crippen LogP contribution in [-0.2, 0) is 0 Å². The van der Waals surface area contributed by atoms with Crippen molar-refractivity contribution >= 4 is 48.9 Å². The highest BCUT2D eigenvalue weighted by molar-refractivity contribution is 9.10. The van der Waals surface area contributed by atoms with Crippen molar-refractivity contribution < 1.29 is 0 Å². The molecule has 0 bridgehead atoms. The zero-order valence-electron chi connectivity index (χ0n) is 8.85. The topological polar surface area (TPSA) is 24.9 Å². The molecule has 0 aliphatic carbocycles. The summed E-state index contributed by atoms with van der Waals surface area (Å²) in [5, 5.41) is 6.66. The molecule has 0 aliphatic heterocycles. The first-order valence-corrected chi connectivity index (χ1v) is 6.85. The van der Waals surface area contributed by atoms with Gasteiger partial charge in [-0.15, -0.1) is 11.3 Å². The largest absolute Gasteiger partial charge is 0.339 e. The molecule has 4 heteroatoms. The monoisotopic (exact) mass is 304 g/mol. The van der Waals surface area contributed by atoms with Gasteiger partial charge in [-0.1, -0.05) is 0 Å². The maximum Gasteiger partial charge on any atom is 0.144 e. The van der Waals surface area contributed by atoms with Crippen LogP contribution in [0.2, 0.25) is 0 Å². The average Bonchev–Trinajstić information content (AvgIpc) is 2.79. The summed E-state index contributed by atoms with van der Waals surface area (Å²) >= 11 is 5.23. The van der Waals surface area contributed by atoms with E-state index in [-0.39, 0.29) is 0 Å². The van der Waals surface area contributed by atoms with E-state index in [2.05, 4.69) is 55.9 Å². The second-order valence-electron chi connectivity index (χ2n) is 3.63. The predicted octanol–water partition coefficient (Wildman–Crippen LogP) is 4.80. The minimum atomic E-state index is 0.835. The van der Waals surface area contributed by atoms with Crippen molar-refractivity contribution in [3.63, 3.8) is 0 Å².